The van der Waals surface area contributed by atoms with Crippen molar-refractivity contribution in [1.82, 2.24) is 4.31 Å². The standard InChI is InChI=1S/C13H24BrNO2S/c1-18(16,17)15-8-4-5-12(10-15)9-13(11-14)6-2-3-7-13/h12H,2-11H2,1H3. The Kier molecular flexibility index (Phi) is 4.76. The molecule has 0 radical (unpaired) electrons. The minimum Gasteiger partial charge on any atom is -0.213 e. The molecule has 2 fully saturated rings. The molecule has 1 heterocycles. The second-order valence-corrected chi connectivity index (χ2v) is 8.72. The van der Waals surface area contributed by atoms with E-state index in [-0.39, 0.29) is 0 Å². The fraction of sp³-hybridized carbons (Fsp3) is 1.00. The Labute approximate surface area is 119 Å². The van der Waals surface area contributed by atoms with Gasteiger partial charge >= 0.3 is 0 Å². The Hall–Kier alpha value is 0.390. The molecule has 2 rings (SSSR count). The summed E-state index contributed by atoms with van der Waals surface area (Å²) in [5, 5.41) is 1.08. The van der Waals surface area contributed by atoms with E-state index in [4.69, 9.17) is 0 Å². The van der Waals surface area contributed by atoms with Crippen molar-refractivity contribution in [2.24, 2.45) is 11.3 Å². The number of hydrogen-bond donors (Lipinski definition) is 0. The number of rotatable bonds is 4. The van der Waals surface area contributed by atoms with Crippen LogP contribution in [0.2, 0.25) is 0 Å². The van der Waals surface area contributed by atoms with Crippen LogP contribution < -0.4 is 0 Å². The lowest BCUT2D eigenvalue weighted by atomic mass is 9.77. The Bertz CT molecular complexity index is 376. The van der Waals surface area contributed by atoms with Gasteiger partial charge in [-0.1, -0.05) is 28.8 Å². The molecular formula is C13H24BrNO2S. The van der Waals surface area contributed by atoms with Crippen LogP contribution in [0, 0.1) is 11.3 Å². The van der Waals surface area contributed by atoms with Gasteiger partial charge < -0.3 is 0 Å². The summed E-state index contributed by atoms with van der Waals surface area (Å²) in [6, 6.07) is 0. The number of sulfonamides is 1. The van der Waals surface area contributed by atoms with Gasteiger partial charge in [0.15, 0.2) is 0 Å². The average molecular weight is 338 g/mol. The monoisotopic (exact) mass is 337 g/mol. The number of halogens is 1. The molecule has 1 unspecified atom stereocenters. The lowest BCUT2D eigenvalue weighted by Gasteiger charge is -2.36. The molecule has 1 aliphatic heterocycles. The van der Waals surface area contributed by atoms with Crippen LogP contribution in [0.3, 0.4) is 0 Å². The highest BCUT2D eigenvalue weighted by atomic mass is 79.9. The molecule has 0 aromatic carbocycles. The highest BCUT2D eigenvalue weighted by molar-refractivity contribution is 9.09. The zero-order valence-electron chi connectivity index (χ0n) is 11.2. The second-order valence-electron chi connectivity index (χ2n) is 6.17. The molecule has 3 nitrogen and oxygen atoms in total. The van der Waals surface area contributed by atoms with Gasteiger partial charge in [-0.2, -0.15) is 0 Å². The third-order valence-corrected chi connectivity index (χ3v) is 7.08. The first-order chi connectivity index (χ1) is 8.45. The Morgan fingerprint density at radius 2 is 1.94 bits per heavy atom. The molecule has 2 aliphatic rings. The van der Waals surface area contributed by atoms with E-state index in [1.54, 1.807) is 4.31 Å². The van der Waals surface area contributed by atoms with E-state index in [0.29, 0.717) is 11.3 Å². The maximum Gasteiger partial charge on any atom is 0.211 e. The number of piperidine rings is 1. The van der Waals surface area contributed by atoms with Gasteiger partial charge in [-0.05, 0) is 43.4 Å². The summed E-state index contributed by atoms with van der Waals surface area (Å²) in [5.74, 6) is 0.559. The molecule has 0 bridgehead atoms. The zero-order chi connectivity index (χ0) is 13.2. The van der Waals surface area contributed by atoms with E-state index in [1.165, 1.54) is 44.8 Å². The van der Waals surface area contributed by atoms with Crippen LogP contribution >= 0.6 is 15.9 Å². The summed E-state index contributed by atoms with van der Waals surface area (Å²) in [6.07, 6.45) is 10.1. The van der Waals surface area contributed by atoms with Crippen molar-refractivity contribution >= 4 is 26.0 Å². The molecule has 0 amide bonds. The van der Waals surface area contributed by atoms with Crippen molar-refractivity contribution in [3.05, 3.63) is 0 Å². The van der Waals surface area contributed by atoms with E-state index in [9.17, 15) is 8.42 Å². The molecule has 18 heavy (non-hydrogen) atoms. The SMILES string of the molecule is CS(=O)(=O)N1CCCC(CC2(CBr)CCCC2)C1. The molecule has 1 aliphatic carbocycles. The average Bonchev–Trinajstić information content (AvgIpc) is 2.77. The van der Waals surface area contributed by atoms with Gasteiger partial charge in [-0.3, -0.25) is 0 Å². The Morgan fingerprint density at radius 3 is 2.50 bits per heavy atom. The number of hydrogen-bond acceptors (Lipinski definition) is 2. The smallest absolute Gasteiger partial charge is 0.211 e. The maximum absolute atomic E-state index is 11.6. The number of nitrogens with zero attached hydrogens (tertiary/aromatic N) is 1. The molecule has 0 aromatic heterocycles. The van der Waals surface area contributed by atoms with Gasteiger partial charge in [-0.15, -0.1) is 0 Å². The normalized spacial score (nSPS) is 29.6. The molecule has 106 valence electrons. The summed E-state index contributed by atoms with van der Waals surface area (Å²) in [6.45, 7) is 1.46. The summed E-state index contributed by atoms with van der Waals surface area (Å²) < 4.78 is 24.9. The van der Waals surface area contributed by atoms with E-state index >= 15 is 0 Å². The fourth-order valence-electron chi connectivity index (χ4n) is 3.62. The minimum absolute atomic E-state index is 0.450. The maximum atomic E-state index is 11.6. The Balaban J connectivity index is 1.97. The first kappa shape index (κ1) is 14.8. The summed E-state index contributed by atoms with van der Waals surface area (Å²) in [5.41, 5.74) is 0.450. The molecule has 5 heteroatoms. The van der Waals surface area contributed by atoms with Crippen molar-refractivity contribution in [2.75, 3.05) is 24.7 Å². The summed E-state index contributed by atoms with van der Waals surface area (Å²) in [7, 11) is -3.00. The van der Waals surface area contributed by atoms with Crippen molar-refractivity contribution < 1.29 is 8.42 Å². The predicted molar refractivity (Wildman–Crippen MR) is 78.5 cm³/mol. The Morgan fingerprint density at radius 1 is 1.28 bits per heavy atom. The summed E-state index contributed by atoms with van der Waals surface area (Å²) in [4.78, 5) is 0. The van der Waals surface area contributed by atoms with Gasteiger partial charge in [0.1, 0.15) is 0 Å². The van der Waals surface area contributed by atoms with E-state index in [2.05, 4.69) is 15.9 Å². The van der Waals surface area contributed by atoms with Crippen molar-refractivity contribution in [3.63, 3.8) is 0 Å². The topological polar surface area (TPSA) is 37.4 Å². The molecule has 0 aromatic rings. The van der Waals surface area contributed by atoms with Crippen LogP contribution in [0.15, 0.2) is 0 Å². The molecule has 0 N–H and O–H groups in total. The molecular weight excluding hydrogens is 314 g/mol. The van der Waals surface area contributed by atoms with Gasteiger partial charge in [0.25, 0.3) is 0 Å². The first-order valence-corrected chi connectivity index (χ1v) is 9.93. The molecule has 1 saturated heterocycles. The van der Waals surface area contributed by atoms with Gasteiger partial charge in [0.2, 0.25) is 10.0 Å². The summed E-state index contributed by atoms with van der Waals surface area (Å²) >= 11 is 3.68. The third kappa shape index (κ3) is 3.48. The minimum atomic E-state index is -3.00. The van der Waals surface area contributed by atoms with E-state index < -0.39 is 10.0 Å². The van der Waals surface area contributed by atoms with Gasteiger partial charge in [0.05, 0.1) is 6.26 Å². The fourth-order valence-corrected chi connectivity index (χ4v) is 5.36. The third-order valence-electron chi connectivity index (χ3n) is 4.62. The van der Waals surface area contributed by atoms with E-state index in [1.807, 2.05) is 0 Å². The quantitative estimate of drug-likeness (QED) is 0.739. The van der Waals surface area contributed by atoms with Crippen molar-refractivity contribution in [3.8, 4) is 0 Å². The number of alkyl halides is 1. The molecule has 0 spiro atoms. The van der Waals surface area contributed by atoms with Crippen molar-refractivity contribution in [2.45, 2.75) is 44.9 Å². The lowest BCUT2D eigenvalue weighted by molar-refractivity contribution is 0.185. The van der Waals surface area contributed by atoms with E-state index in [0.717, 1.165) is 24.8 Å². The highest BCUT2D eigenvalue weighted by Gasteiger charge is 2.37. The lowest BCUT2D eigenvalue weighted by Crippen LogP contribution is -2.41. The van der Waals surface area contributed by atoms with Crippen LogP contribution in [-0.2, 0) is 10.0 Å². The van der Waals surface area contributed by atoms with Crippen LogP contribution in [-0.4, -0.2) is 37.4 Å². The van der Waals surface area contributed by atoms with Gasteiger partial charge in [-0.25, -0.2) is 12.7 Å². The van der Waals surface area contributed by atoms with Crippen molar-refractivity contribution in [1.29, 1.82) is 0 Å². The second kappa shape index (κ2) is 5.80. The highest BCUT2D eigenvalue weighted by Crippen LogP contribution is 2.45. The van der Waals surface area contributed by atoms with Crippen LogP contribution in [0.1, 0.15) is 44.9 Å². The predicted octanol–water partition coefficient (Wildman–Crippen LogP) is 3.00. The molecule has 1 atom stereocenters. The van der Waals surface area contributed by atoms with Crippen LogP contribution in [0.5, 0.6) is 0 Å². The van der Waals surface area contributed by atoms with Crippen LogP contribution in [0.25, 0.3) is 0 Å². The van der Waals surface area contributed by atoms with Crippen LogP contribution in [0.4, 0.5) is 0 Å². The molecule has 1 saturated carbocycles. The first-order valence-electron chi connectivity index (χ1n) is 6.96. The zero-order valence-corrected chi connectivity index (χ0v) is 13.6. The largest absolute Gasteiger partial charge is 0.213 e. The van der Waals surface area contributed by atoms with Gasteiger partial charge in [0, 0.05) is 18.4 Å².